The summed E-state index contributed by atoms with van der Waals surface area (Å²) in [6.45, 7) is 4.01. The van der Waals surface area contributed by atoms with Crippen LogP contribution in [0.1, 0.15) is 33.5 Å². The summed E-state index contributed by atoms with van der Waals surface area (Å²) in [5, 5.41) is 5.30. The zero-order valence-electron chi connectivity index (χ0n) is 14.7. The number of hydrogen-bond donors (Lipinski definition) is 2. The summed E-state index contributed by atoms with van der Waals surface area (Å²) in [6, 6.07) is 8.57. The van der Waals surface area contributed by atoms with Gasteiger partial charge in [0.05, 0.1) is 4.90 Å². The number of amides is 1. The molecule has 6 nitrogen and oxygen atoms in total. The first-order valence-electron chi connectivity index (χ1n) is 8.03. The fraction of sp³-hybridized carbons (Fsp3) is 0.278. The van der Waals surface area contributed by atoms with Crippen molar-refractivity contribution >= 4 is 39.7 Å². The second-order valence-corrected chi connectivity index (χ2v) is 7.90. The Labute approximate surface area is 159 Å². The fourth-order valence-corrected chi connectivity index (χ4v) is 4.14. The van der Waals surface area contributed by atoms with E-state index in [1.165, 1.54) is 6.07 Å². The predicted octanol–water partition coefficient (Wildman–Crippen LogP) is 2.55. The minimum absolute atomic E-state index is 0. The van der Waals surface area contributed by atoms with Crippen LogP contribution in [-0.4, -0.2) is 20.9 Å². The Hall–Kier alpha value is -2.09. The van der Waals surface area contributed by atoms with Gasteiger partial charge in [-0.05, 0) is 67.6 Å². The van der Waals surface area contributed by atoms with E-state index in [0.717, 1.165) is 24.1 Å². The number of nitrogen functional groups attached to an aromatic ring is 1. The molecule has 1 aliphatic heterocycles. The van der Waals surface area contributed by atoms with Crippen LogP contribution in [0.3, 0.4) is 0 Å². The standard InChI is InChI=1S/C18H21N3O3S.ClH/c1-11-9-13(10-17(12(11)2)25(20,23)24)18(22)21-8-4-5-14-15(19)6-3-7-16(14)21;/h3,6-7,9-10H,4-5,8,19H2,1-2H3,(H2,20,23,24);1H. The van der Waals surface area contributed by atoms with E-state index in [1.54, 1.807) is 24.8 Å². The van der Waals surface area contributed by atoms with E-state index < -0.39 is 10.0 Å². The highest BCUT2D eigenvalue weighted by molar-refractivity contribution is 7.89. The second-order valence-electron chi connectivity index (χ2n) is 6.37. The lowest BCUT2D eigenvalue weighted by molar-refractivity contribution is 0.0985. The van der Waals surface area contributed by atoms with E-state index in [2.05, 4.69) is 0 Å². The molecule has 0 unspecified atom stereocenters. The maximum absolute atomic E-state index is 13.1. The molecule has 3 rings (SSSR count). The number of rotatable bonds is 2. The normalized spacial score (nSPS) is 13.7. The van der Waals surface area contributed by atoms with E-state index >= 15 is 0 Å². The highest BCUT2D eigenvalue weighted by atomic mass is 35.5. The van der Waals surface area contributed by atoms with Crippen molar-refractivity contribution in [1.29, 1.82) is 0 Å². The van der Waals surface area contributed by atoms with Crippen molar-refractivity contribution in [2.75, 3.05) is 17.2 Å². The number of carbonyl (C=O) groups excluding carboxylic acids is 1. The van der Waals surface area contributed by atoms with Gasteiger partial charge in [-0.3, -0.25) is 4.79 Å². The minimum atomic E-state index is -3.90. The molecule has 0 bridgehead atoms. The summed E-state index contributed by atoms with van der Waals surface area (Å²) in [5.41, 5.74) is 10.0. The molecule has 0 saturated heterocycles. The van der Waals surface area contributed by atoms with Crippen LogP contribution in [0, 0.1) is 13.8 Å². The molecule has 26 heavy (non-hydrogen) atoms. The Bertz CT molecular complexity index is 974. The van der Waals surface area contributed by atoms with Crippen molar-refractivity contribution in [3.05, 3.63) is 52.6 Å². The molecule has 0 fully saturated rings. The summed E-state index contributed by atoms with van der Waals surface area (Å²) in [7, 11) is -3.90. The number of aryl methyl sites for hydroxylation is 1. The fourth-order valence-electron chi connectivity index (χ4n) is 3.26. The zero-order valence-corrected chi connectivity index (χ0v) is 16.3. The van der Waals surface area contributed by atoms with Crippen molar-refractivity contribution in [2.45, 2.75) is 31.6 Å². The summed E-state index contributed by atoms with van der Waals surface area (Å²) in [5.74, 6) is -0.250. The van der Waals surface area contributed by atoms with Gasteiger partial charge in [-0.1, -0.05) is 6.07 Å². The number of hydrogen-bond acceptors (Lipinski definition) is 4. The van der Waals surface area contributed by atoms with Gasteiger partial charge in [0.25, 0.3) is 5.91 Å². The van der Waals surface area contributed by atoms with Crippen molar-refractivity contribution in [3.63, 3.8) is 0 Å². The molecule has 0 saturated carbocycles. The quantitative estimate of drug-likeness (QED) is 0.762. The van der Waals surface area contributed by atoms with Crippen molar-refractivity contribution in [2.24, 2.45) is 5.14 Å². The molecule has 0 spiro atoms. The Balaban J connectivity index is 0.00000243. The molecule has 0 aliphatic carbocycles. The largest absolute Gasteiger partial charge is 0.398 e. The van der Waals surface area contributed by atoms with E-state index in [9.17, 15) is 13.2 Å². The number of carbonyl (C=O) groups is 1. The Morgan fingerprint density at radius 1 is 1.19 bits per heavy atom. The maximum Gasteiger partial charge on any atom is 0.258 e. The van der Waals surface area contributed by atoms with Gasteiger partial charge in [-0.25, -0.2) is 13.6 Å². The predicted molar refractivity (Wildman–Crippen MR) is 105 cm³/mol. The topological polar surface area (TPSA) is 106 Å². The first kappa shape index (κ1) is 20.2. The summed E-state index contributed by atoms with van der Waals surface area (Å²) in [4.78, 5) is 14.7. The average molecular weight is 396 g/mol. The molecule has 1 amide bonds. The van der Waals surface area contributed by atoms with E-state index in [0.29, 0.717) is 28.9 Å². The summed E-state index contributed by atoms with van der Waals surface area (Å²) >= 11 is 0. The van der Waals surface area contributed by atoms with Crippen molar-refractivity contribution in [1.82, 2.24) is 0 Å². The van der Waals surface area contributed by atoms with Crippen molar-refractivity contribution < 1.29 is 13.2 Å². The van der Waals surface area contributed by atoms with Gasteiger partial charge in [0.2, 0.25) is 10.0 Å². The molecule has 0 aromatic heterocycles. The molecule has 2 aromatic rings. The smallest absolute Gasteiger partial charge is 0.258 e. The number of anilines is 2. The number of halogens is 1. The number of fused-ring (bicyclic) bond motifs is 1. The molecule has 140 valence electrons. The molecule has 1 aliphatic rings. The molecule has 2 aromatic carbocycles. The number of benzene rings is 2. The van der Waals surface area contributed by atoms with Gasteiger partial charge in [-0.2, -0.15) is 0 Å². The van der Waals surface area contributed by atoms with Gasteiger partial charge in [0, 0.05) is 23.5 Å². The number of sulfonamides is 1. The van der Waals surface area contributed by atoms with E-state index in [4.69, 9.17) is 10.9 Å². The van der Waals surface area contributed by atoms with Crippen LogP contribution >= 0.6 is 12.4 Å². The monoisotopic (exact) mass is 395 g/mol. The van der Waals surface area contributed by atoms with Gasteiger partial charge in [0.1, 0.15) is 0 Å². The third-order valence-corrected chi connectivity index (χ3v) is 5.74. The molecule has 0 radical (unpaired) electrons. The van der Waals surface area contributed by atoms with Crippen LogP contribution in [0.15, 0.2) is 35.2 Å². The maximum atomic E-state index is 13.1. The van der Waals surface area contributed by atoms with Crippen LogP contribution in [0.5, 0.6) is 0 Å². The average Bonchev–Trinajstić information content (AvgIpc) is 2.55. The van der Waals surface area contributed by atoms with Crippen LogP contribution < -0.4 is 15.8 Å². The van der Waals surface area contributed by atoms with Crippen LogP contribution in [0.2, 0.25) is 0 Å². The zero-order chi connectivity index (χ0) is 18.4. The summed E-state index contributed by atoms with van der Waals surface area (Å²) in [6.07, 6.45) is 1.63. The van der Waals surface area contributed by atoms with Gasteiger partial charge in [0.15, 0.2) is 0 Å². The van der Waals surface area contributed by atoms with E-state index in [-0.39, 0.29) is 23.2 Å². The Morgan fingerprint density at radius 2 is 1.88 bits per heavy atom. The van der Waals surface area contributed by atoms with Gasteiger partial charge < -0.3 is 10.6 Å². The molecular weight excluding hydrogens is 374 g/mol. The van der Waals surface area contributed by atoms with Crippen LogP contribution in [-0.2, 0) is 16.4 Å². The first-order valence-corrected chi connectivity index (χ1v) is 9.58. The lowest BCUT2D eigenvalue weighted by Gasteiger charge is -2.30. The lowest BCUT2D eigenvalue weighted by atomic mass is 9.98. The SMILES string of the molecule is Cc1cc(C(=O)N2CCCc3c(N)cccc32)cc(S(N)(=O)=O)c1C.Cl. The van der Waals surface area contributed by atoms with E-state index in [1.807, 2.05) is 18.2 Å². The van der Waals surface area contributed by atoms with Gasteiger partial charge >= 0.3 is 0 Å². The number of nitrogens with zero attached hydrogens (tertiary/aromatic N) is 1. The van der Waals surface area contributed by atoms with Gasteiger partial charge in [-0.15, -0.1) is 12.4 Å². The summed E-state index contributed by atoms with van der Waals surface area (Å²) < 4.78 is 23.7. The molecule has 8 heteroatoms. The number of nitrogens with two attached hydrogens (primary N) is 2. The molecule has 1 heterocycles. The minimum Gasteiger partial charge on any atom is -0.398 e. The first-order chi connectivity index (χ1) is 11.7. The van der Waals surface area contributed by atoms with Crippen LogP contribution in [0.25, 0.3) is 0 Å². The third kappa shape index (κ3) is 3.56. The lowest BCUT2D eigenvalue weighted by Crippen LogP contribution is -2.36. The Kier molecular flexibility index (Phi) is 5.65. The molecular formula is C18H22ClN3O3S. The second kappa shape index (κ2) is 7.26. The van der Waals surface area contributed by atoms with Crippen molar-refractivity contribution in [3.8, 4) is 0 Å². The molecule has 4 N–H and O–H groups in total. The molecule has 0 atom stereocenters. The number of primary sulfonamides is 1. The van der Waals surface area contributed by atoms with Crippen LogP contribution in [0.4, 0.5) is 11.4 Å². The highest BCUT2D eigenvalue weighted by Crippen LogP contribution is 2.32. The Morgan fingerprint density at radius 3 is 2.54 bits per heavy atom. The third-order valence-electron chi connectivity index (χ3n) is 4.71. The highest BCUT2D eigenvalue weighted by Gasteiger charge is 2.26.